The van der Waals surface area contributed by atoms with Gasteiger partial charge >= 0.3 is 0 Å². The van der Waals surface area contributed by atoms with Crippen molar-refractivity contribution in [3.63, 3.8) is 0 Å². The molecular formula is C22H27N7O2. The van der Waals surface area contributed by atoms with Crippen LogP contribution in [-0.4, -0.2) is 66.0 Å². The molecule has 0 bridgehead atoms. The molecule has 4 rings (SSSR count). The summed E-state index contributed by atoms with van der Waals surface area (Å²) in [5.74, 6) is 1.83. The first-order valence-electron chi connectivity index (χ1n) is 10.3. The number of aromatic nitrogens is 2. The number of nitrogens with one attached hydrogen (secondary N) is 2. The molecular weight excluding hydrogens is 394 g/mol. The zero-order valence-electron chi connectivity index (χ0n) is 18.0. The van der Waals surface area contributed by atoms with Gasteiger partial charge in [0.2, 0.25) is 5.95 Å². The Labute approximate surface area is 181 Å². The van der Waals surface area contributed by atoms with Gasteiger partial charge in [-0.05, 0) is 44.5 Å². The molecule has 2 fully saturated rings. The van der Waals surface area contributed by atoms with Crippen molar-refractivity contribution in [1.82, 2.24) is 14.9 Å². The quantitative estimate of drug-likeness (QED) is 0.548. The highest BCUT2D eigenvalue weighted by Gasteiger charge is 2.45. The van der Waals surface area contributed by atoms with E-state index < -0.39 is 0 Å². The van der Waals surface area contributed by atoms with Gasteiger partial charge in [-0.25, -0.2) is 9.97 Å². The van der Waals surface area contributed by atoms with Crippen LogP contribution in [0.1, 0.15) is 28.2 Å². The summed E-state index contributed by atoms with van der Waals surface area (Å²) < 4.78 is 5.32. The number of rotatable bonds is 6. The summed E-state index contributed by atoms with van der Waals surface area (Å²) >= 11 is 0. The van der Waals surface area contributed by atoms with Gasteiger partial charge in [0.05, 0.1) is 30.6 Å². The summed E-state index contributed by atoms with van der Waals surface area (Å²) in [6.45, 7) is 6.22. The maximum Gasteiger partial charge on any atom is 0.256 e. The summed E-state index contributed by atoms with van der Waals surface area (Å²) in [4.78, 5) is 26.7. The van der Waals surface area contributed by atoms with E-state index in [1.807, 2.05) is 24.8 Å². The second kappa shape index (κ2) is 8.71. The van der Waals surface area contributed by atoms with Crippen molar-refractivity contribution in [2.24, 2.45) is 11.0 Å². The van der Waals surface area contributed by atoms with E-state index in [1.54, 1.807) is 25.3 Å². The number of ether oxygens (including phenoxy) is 1. The smallest absolute Gasteiger partial charge is 0.256 e. The first-order valence-corrected chi connectivity index (χ1v) is 10.3. The van der Waals surface area contributed by atoms with Gasteiger partial charge in [-0.1, -0.05) is 0 Å². The predicted molar refractivity (Wildman–Crippen MR) is 121 cm³/mol. The molecule has 2 atom stereocenters. The molecule has 2 aromatic rings. The fourth-order valence-corrected chi connectivity index (χ4v) is 4.29. The summed E-state index contributed by atoms with van der Waals surface area (Å²) in [7, 11) is 1.57. The number of hydrogen-bond donors (Lipinski definition) is 2. The monoisotopic (exact) mass is 421 g/mol. The number of aryl methyl sites for hydroxylation is 2. The fraction of sp³-hybridized carbons (Fsp3) is 0.409. The molecule has 2 aliphatic heterocycles. The molecule has 2 N–H and O–H groups in total. The highest BCUT2D eigenvalue weighted by atomic mass is 16.5. The molecule has 9 nitrogen and oxygen atoms in total. The lowest BCUT2D eigenvalue weighted by Crippen LogP contribution is -2.65. The Kier molecular flexibility index (Phi) is 5.83. The molecule has 31 heavy (non-hydrogen) atoms. The van der Waals surface area contributed by atoms with E-state index in [2.05, 4.69) is 25.4 Å². The van der Waals surface area contributed by atoms with Crippen LogP contribution in [0.25, 0.3) is 0 Å². The Balaban J connectivity index is 1.54. The van der Waals surface area contributed by atoms with E-state index in [9.17, 15) is 4.79 Å². The maximum atomic E-state index is 13.4. The van der Waals surface area contributed by atoms with Crippen molar-refractivity contribution < 1.29 is 9.53 Å². The Bertz CT molecular complexity index is 1000. The molecule has 2 unspecified atom stereocenters. The molecule has 9 heteroatoms. The molecule has 1 aromatic heterocycles. The lowest BCUT2D eigenvalue weighted by atomic mass is 9.82. The third-order valence-electron chi connectivity index (χ3n) is 5.86. The highest BCUT2D eigenvalue weighted by molar-refractivity contribution is 6.14. The highest BCUT2D eigenvalue weighted by Crippen LogP contribution is 2.36. The molecule has 0 saturated carbocycles. The lowest BCUT2D eigenvalue weighted by molar-refractivity contribution is 0.0590. The number of benzene rings is 1. The van der Waals surface area contributed by atoms with Gasteiger partial charge in [0, 0.05) is 43.2 Å². The number of methoxy groups -OCH3 is 1. The molecule has 1 amide bonds. The van der Waals surface area contributed by atoms with Crippen molar-refractivity contribution in [3.8, 4) is 5.75 Å². The number of carbonyl (C=O) groups excluding carboxylic acids is 1. The summed E-state index contributed by atoms with van der Waals surface area (Å²) in [5.41, 5.74) is 5.83. The minimum absolute atomic E-state index is 0.0712. The average molecular weight is 422 g/mol. The van der Waals surface area contributed by atoms with Gasteiger partial charge in [-0.3, -0.25) is 10.2 Å². The zero-order chi connectivity index (χ0) is 22.0. The number of amides is 1. The molecule has 0 spiro atoms. The van der Waals surface area contributed by atoms with Crippen LogP contribution in [0.2, 0.25) is 0 Å². The minimum atomic E-state index is -0.0712. The number of hydrogen-bond acceptors (Lipinski definition) is 8. The largest absolute Gasteiger partial charge is 0.497 e. The minimum Gasteiger partial charge on any atom is -0.497 e. The van der Waals surface area contributed by atoms with Crippen LogP contribution < -0.4 is 15.1 Å². The number of carbonyl (C=O) groups is 1. The standard InChI is InChI=1S/C22H27N7O2/c1-14-10-15(2)26-22(25-14)29-12-16-6-9-28(13-20(16)29)21(30)18-11-17(31-3)4-5-19(18)27-24-8-7-23/h4-5,7-8,10-11,16,20,23,27H,6,9,12-13H2,1-3H3/b23-7?,24-8-. The van der Waals surface area contributed by atoms with Crippen molar-refractivity contribution in [2.45, 2.75) is 26.3 Å². The van der Waals surface area contributed by atoms with Crippen LogP contribution in [0.15, 0.2) is 29.4 Å². The number of nitrogens with zero attached hydrogens (tertiary/aromatic N) is 5. The Morgan fingerprint density at radius 3 is 2.74 bits per heavy atom. The normalized spacial score (nSPS) is 20.2. The van der Waals surface area contributed by atoms with Gasteiger partial charge in [0.15, 0.2) is 0 Å². The average Bonchev–Trinajstić information content (AvgIpc) is 2.74. The van der Waals surface area contributed by atoms with E-state index in [0.29, 0.717) is 36.0 Å². The van der Waals surface area contributed by atoms with Crippen molar-refractivity contribution >= 4 is 30.0 Å². The lowest BCUT2D eigenvalue weighted by Gasteiger charge is -2.53. The van der Waals surface area contributed by atoms with Gasteiger partial charge < -0.3 is 19.9 Å². The van der Waals surface area contributed by atoms with Gasteiger partial charge in [-0.2, -0.15) is 5.10 Å². The van der Waals surface area contributed by atoms with Crippen LogP contribution in [0.3, 0.4) is 0 Å². The van der Waals surface area contributed by atoms with Crippen LogP contribution in [-0.2, 0) is 0 Å². The maximum absolute atomic E-state index is 13.4. The van der Waals surface area contributed by atoms with Crippen LogP contribution in [0.5, 0.6) is 5.75 Å². The van der Waals surface area contributed by atoms with E-state index in [-0.39, 0.29) is 11.9 Å². The molecule has 2 aliphatic rings. The Morgan fingerprint density at radius 2 is 2.03 bits per heavy atom. The molecule has 162 valence electrons. The van der Waals surface area contributed by atoms with Gasteiger partial charge in [0.25, 0.3) is 5.91 Å². The first-order chi connectivity index (χ1) is 15.0. The SMILES string of the molecule is COc1ccc(N/N=C\C=N)c(C(=O)N2CCC3CN(c4nc(C)cc(C)n4)C3C2)c1. The third kappa shape index (κ3) is 4.21. The number of hydrazone groups is 1. The van der Waals surface area contributed by atoms with Crippen LogP contribution in [0.4, 0.5) is 11.6 Å². The van der Waals surface area contributed by atoms with Crippen LogP contribution in [0, 0.1) is 25.2 Å². The predicted octanol–water partition coefficient (Wildman–Crippen LogP) is 2.50. The number of anilines is 2. The summed E-state index contributed by atoms with van der Waals surface area (Å²) in [6, 6.07) is 7.45. The molecule has 1 aromatic carbocycles. The second-order valence-electron chi connectivity index (χ2n) is 7.94. The van der Waals surface area contributed by atoms with E-state index in [1.165, 1.54) is 6.21 Å². The third-order valence-corrected chi connectivity index (χ3v) is 5.86. The van der Waals surface area contributed by atoms with Crippen molar-refractivity contribution in [3.05, 3.63) is 41.2 Å². The first kappa shape index (κ1) is 20.8. The van der Waals surface area contributed by atoms with Crippen molar-refractivity contribution in [2.75, 3.05) is 37.1 Å². The fourth-order valence-electron chi connectivity index (χ4n) is 4.29. The van der Waals surface area contributed by atoms with Crippen LogP contribution >= 0.6 is 0 Å². The van der Waals surface area contributed by atoms with Crippen molar-refractivity contribution in [1.29, 1.82) is 5.41 Å². The number of likely N-dealkylation sites (tertiary alicyclic amines) is 1. The van der Waals surface area contributed by atoms with E-state index in [0.717, 1.165) is 36.5 Å². The Hall–Kier alpha value is -3.49. The van der Waals surface area contributed by atoms with E-state index in [4.69, 9.17) is 10.1 Å². The van der Waals surface area contributed by atoms with Gasteiger partial charge in [0.1, 0.15) is 5.75 Å². The summed E-state index contributed by atoms with van der Waals surface area (Å²) in [6.07, 6.45) is 3.35. The Morgan fingerprint density at radius 1 is 1.26 bits per heavy atom. The van der Waals surface area contributed by atoms with Gasteiger partial charge in [-0.15, -0.1) is 0 Å². The number of fused-ring (bicyclic) bond motifs is 1. The zero-order valence-corrected chi connectivity index (χ0v) is 18.0. The molecule has 0 aliphatic carbocycles. The molecule has 3 heterocycles. The molecule has 2 saturated heterocycles. The second-order valence-corrected chi connectivity index (χ2v) is 7.94. The van der Waals surface area contributed by atoms with E-state index >= 15 is 0 Å². The molecule has 0 radical (unpaired) electrons. The topological polar surface area (TPSA) is 107 Å². The summed E-state index contributed by atoms with van der Waals surface area (Å²) in [5, 5.41) is 11.0. The number of piperidine rings is 1.